The van der Waals surface area contributed by atoms with Gasteiger partial charge in [-0.2, -0.15) is 13.2 Å². The third-order valence-corrected chi connectivity index (χ3v) is 7.04. The molecule has 1 aliphatic rings. The fourth-order valence-electron chi connectivity index (χ4n) is 3.83. The summed E-state index contributed by atoms with van der Waals surface area (Å²) in [6.07, 6.45) is -0.943. The van der Waals surface area contributed by atoms with Crippen LogP contribution in [0.1, 0.15) is 50.2 Å². The van der Waals surface area contributed by atoms with Gasteiger partial charge in [0.1, 0.15) is 12.1 Å². The zero-order valence-electron chi connectivity index (χ0n) is 19.9. The van der Waals surface area contributed by atoms with Crippen LogP contribution < -0.4 is 16.0 Å². The quantitative estimate of drug-likeness (QED) is 0.271. The second-order valence-electron chi connectivity index (χ2n) is 8.93. The van der Waals surface area contributed by atoms with E-state index >= 15 is 0 Å². The molecule has 0 saturated heterocycles. The largest absolute Gasteiger partial charge is 0.416 e. The number of aryl methyl sites for hydroxylation is 2. The third kappa shape index (κ3) is 5.26. The predicted octanol–water partition coefficient (Wildman–Crippen LogP) is 6.41. The molecule has 2 aromatic heterocycles. The van der Waals surface area contributed by atoms with Crippen molar-refractivity contribution >= 4 is 50.6 Å². The molecular weight excluding hydrogens is 503 g/mol. The van der Waals surface area contributed by atoms with Gasteiger partial charge in [-0.1, -0.05) is 12.1 Å². The van der Waals surface area contributed by atoms with Crippen LogP contribution >= 0.6 is 11.3 Å². The van der Waals surface area contributed by atoms with Crippen LogP contribution in [0, 0.1) is 13.8 Å². The molecule has 0 atom stereocenters. The first kappa shape index (κ1) is 24.7. The summed E-state index contributed by atoms with van der Waals surface area (Å²) < 4.78 is 40.5. The third-order valence-electron chi connectivity index (χ3n) is 6.07. The van der Waals surface area contributed by atoms with E-state index in [9.17, 15) is 22.8 Å². The van der Waals surface area contributed by atoms with E-state index in [0.717, 1.165) is 23.6 Å². The maximum atomic E-state index is 13.2. The van der Waals surface area contributed by atoms with Gasteiger partial charge in [-0.15, -0.1) is 11.3 Å². The molecule has 37 heavy (non-hydrogen) atoms. The lowest BCUT2D eigenvalue weighted by atomic mass is 10.1. The summed E-state index contributed by atoms with van der Waals surface area (Å²) in [4.78, 5) is 34.5. The van der Waals surface area contributed by atoms with Gasteiger partial charge in [0.2, 0.25) is 0 Å². The predicted molar refractivity (Wildman–Crippen MR) is 137 cm³/mol. The number of carbonyl (C=O) groups excluding carboxylic acids is 2. The maximum absolute atomic E-state index is 13.2. The normalized spacial score (nSPS) is 13.4. The highest BCUT2D eigenvalue weighted by Gasteiger charge is 2.32. The van der Waals surface area contributed by atoms with E-state index in [4.69, 9.17) is 0 Å². The van der Waals surface area contributed by atoms with Gasteiger partial charge in [-0.05, 0) is 62.1 Å². The Balaban J connectivity index is 1.35. The summed E-state index contributed by atoms with van der Waals surface area (Å²) >= 11 is 1.37. The lowest BCUT2D eigenvalue weighted by molar-refractivity contribution is -0.138. The molecule has 2 amide bonds. The molecule has 0 radical (unpaired) electrons. The van der Waals surface area contributed by atoms with E-state index in [1.54, 1.807) is 24.4 Å². The van der Waals surface area contributed by atoms with Crippen molar-refractivity contribution in [2.24, 2.45) is 0 Å². The first-order valence-electron chi connectivity index (χ1n) is 11.5. The van der Waals surface area contributed by atoms with Crippen LogP contribution in [-0.2, 0) is 6.18 Å². The molecule has 0 bridgehead atoms. The van der Waals surface area contributed by atoms with Gasteiger partial charge in [-0.25, -0.2) is 9.97 Å². The van der Waals surface area contributed by atoms with Gasteiger partial charge in [0.05, 0.1) is 21.3 Å². The molecule has 0 aliphatic heterocycles. The zero-order valence-corrected chi connectivity index (χ0v) is 20.7. The number of thiophene rings is 1. The number of anilines is 3. The Hall–Kier alpha value is -3.99. The van der Waals surface area contributed by atoms with Crippen LogP contribution in [0.2, 0.25) is 0 Å². The minimum atomic E-state index is -4.53. The lowest BCUT2D eigenvalue weighted by Crippen LogP contribution is -2.16. The Labute approximate surface area is 214 Å². The molecule has 11 heteroatoms. The number of nitrogens with one attached hydrogen (secondary N) is 3. The van der Waals surface area contributed by atoms with Gasteiger partial charge < -0.3 is 16.0 Å². The molecule has 1 fully saturated rings. The number of nitrogens with zero attached hydrogens (tertiary/aromatic N) is 2. The van der Waals surface area contributed by atoms with E-state index in [1.807, 2.05) is 0 Å². The first-order chi connectivity index (χ1) is 17.6. The van der Waals surface area contributed by atoms with Crippen molar-refractivity contribution in [3.63, 3.8) is 0 Å². The van der Waals surface area contributed by atoms with Crippen molar-refractivity contribution in [2.75, 3.05) is 16.0 Å². The number of halogens is 3. The molecule has 190 valence electrons. The molecule has 7 nitrogen and oxygen atoms in total. The van der Waals surface area contributed by atoms with Gasteiger partial charge in [0.15, 0.2) is 0 Å². The number of carbonyl (C=O) groups is 2. The first-order valence-corrected chi connectivity index (χ1v) is 12.4. The Morgan fingerprint density at radius 1 is 0.973 bits per heavy atom. The number of amides is 2. The molecule has 2 aromatic carbocycles. The summed E-state index contributed by atoms with van der Waals surface area (Å²) in [5.74, 6) is -0.287. The smallest absolute Gasteiger partial charge is 0.366 e. The molecule has 1 saturated carbocycles. The molecule has 4 aromatic rings. The lowest BCUT2D eigenvalue weighted by Gasteiger charge is -2.14. The minimum Gasteiger partial charge on any atom is -0.366 e. The summed E-state index contributed by atoms with van der Waals surface area (Å²) in [6.45, 7) is 3.13. The Morgan fingerprint density at radius 3 is 2.46 bits per heavy atom. The molecule has 0 unspecified atom stereocenters. The van der Waals surface area contributed by atoms with Crippen molar-refractivity contribution in [1.82, 2.24) is 9.97 Å². The van der Waals surface area contributed by atoms with E-state index in [1.165, 1.54) is 42.8 Å². The Bertz CT molecular complexity index is 1530. The van der Waals surface area contributed by atoms with Crippen molar-refractivity contribution in [3.8, 4) is 0 Å². The average molecular weight is 526 g/mol. The zero-order chi connectivity index (χ0) is 26.3. The van der Waals surface area contributed by atoms with E-state index in [0.29, 0.717) is 34.2 Å². The van der Waals surface area contributed by atoms with Crippen LogP contribution in [-0.4, -0.2) is 27.8 Å². The van der Waals surface area contributed by atoms with Crippen LogP contribution in [0.15, 0.2) is 48.1 Å². The summed E-state index contributed by atoms with van der Waals surface area (Å²) in [6, 6.07) is 8.71. The van der Waals surface area contributed by atoms with Crippen molar-refractivity contribution in [3.05, 3.63) is 75.9 Å². The highest BCUT2D eigenvalue weighted by Crippen LogP contribution is 2.34. The van der Waals surface area contributed by atoms with Gasteiger partial charge in [0.25, 0.3) is 11.8 Å². The van der Waals surface area contributed by atoms with E-state index < -0.39 is 23.6 Å². The summed E-state index contributed by atoms with van der Waals surface area (Å²) in [5, 5.41) is 10.4. The molecule has 2 heterocycles. The number of fused-ring (bicyclic) bond motifs is 1. The van der Waals surface area contributed by atoms with Crippen molar-refractivity contribution in [2.45, 2.75) is 38.9 Å². The maximum Gasteiger partial charge on any atom is 0.416 e. The fraction of sp³-hybridized carbons (Fsp3) is 0.231. The van der Waals surface area contributed by atoms with Crippen LogP contribution in [0.3, 0.4) is 0 Å². The van der Waals surface area contributed by atoms with Crippen LogP contribution in [0.5, 0.6) is 0 Å². The summed E-state index contributed by atoms with van der Waals surface area (Å²) in [5.41, 5.74) is 1.49. The molecule has 1 aliphatic carbocycles. The molecule has 3 N–H and O–H groups in total. The Kier molecular flexibility index (Phi) is 6.32. The van der Waals surface area contributed by atoms with Crippen LogP contribution in [0.4, 0.5) is 30.4 Å². The van der Waals surface area contributed by atoms with E-state index in [2.05, 4.69) is 25.9 Å². The number of hydrogen-bond acceptors (Lipinski definition) is 6. The van der Waals surface area contributed by atoms with Crippen molar-refractivity contribution < 1.29 is 22.8 Å². The van der Waals surface area contributed by atoms with Crippen LogP contribution in [0.25, 0.3) is 10.2 Å². The Morgan fingerprint density at radius 2 is 1.73 bits per heavy atom. The second-order valence-corrected chi connectivity index (χ2v) is 9.81. The highest BCUT2D eigenvalue weighted by atomic mass is 32.1. The monoisotopic (exact) mass is 525 g/mol. The SMILES string of the molecule is Cc1ccc(C(=O)Nc2ccc(C)c(C(F)(F)F)c2)cc1NC(=O)c1csc2c(NC3CC3)ncnc12. The summed E-state index contributed by atoms with van der Waals surface area (Å²) in [7, 11) is 0. The molecule has 0 spiro atoms. The van der Waals surface area contributed by atoms with Crippen molar-refractivity contribution in [1.29, 1.82) is 0 Å². The number of alkyl halides is 3. The van der Waals surface area contributed by atoms with Gasteiger partial charge in [-0.3, -0.25) is 9.59 Å². The fourth-order valence-corrected chi connectivity index (χ4v) is 4.78. The number of rotatable bonds is 6. The minimum absolute atomic E-state index is 0.0223. The number of benzene rings is 2. The number of aromatic nitrogens is 2. The highest BCUT2D eigenvalue weighted by molar-refractivity contribution is 7.18. The molecular formula is C26H22F3N5O2S. The second kappa shape index (κ2) is 9.47. The number of hydrogen-bond donors (Lipinski definition) is 3. The molecule has 5 rings (SSSR count). The topological polar surface area (TPSA) is 96.0 Å². The van der Waals surface area contributed by atoms with Gasteiger partial charge >= 0.3 is 6.18 Å². The van der Waals surface area contributed by atoms with Gasteiger partial charge in [0, 0.05) is 28.4 Å². The average Bonchev–Trinajstić information content (AvgIpc) is 3.55. The standard InChI is InChI=1S/C26H22F3N5O2S/c1-13-4-6-17(10-19(13)26(27,28)29)33-24(35)15-5-3-14(2)20(9-15)34-25(36)18-11-37-22-21(18)30-12-31-23(22)32-16-7-8-16/h3-6,9-12,16H,7-8H2,1-2H3,(H,33,35)(H,34,36)(H,30,31,32). The van der Waals surface area contributed by atoms with E-state index in [-0.39, 0.29) is 16.8 Å².